The molecule has 0 saturated carbocycles. The van der Waals surface area contributed by atoms with Gasteiger partial charge in [0.25, 0.3) is 0 Å². The van der Waals surface area contributed by atoms with Crippen LogP contribution in [0.15, 0.2) is 23.1 Å². The molecule has 0 aliphatic carbocycles. The molecule has 0 aliphatic rings. The Morgan fingerprint density at radius 3 is 2.61 bits per heavy atom. The van der Waals surface area contributed by atoms with Crippen molar-refractivity contribution >= 4 is 17.7 Å². The smallest absolute Gasteiger partial charge is 0.316 e. The van der Waals surface area contributed by atoms with Crippen molar-refractivity contribution in [3.63, 3.8) is 0 Å². The number of hydrogen-bond donors (Lipinski definition) is 1. The molecular formula is C13H18FNO2S. The molecule has 1 aromatic rings. The van der Waals surface area contributed by atoms with Gasteiger partial charge in [0.2, 0.25) is 0 Å². The van der Waals surface area contributed by atoms with Gasteiger partial charge in [-0.3, -0.25) is 4.79 Å². The first-order valence-electron chi connectivity index (χ1n) is 5.65. The van der Waals surface area contributed by atoms with E-state index >= 15 is 0 Å². The highest BCUT2D eigenvalue weighted by atomic mass is 32.2. The van der Waals surface area contributed by atoms with Gasteiger partial charge in [-0.15, -0.1) is 11.8 Å². The van der Waals surface area contributed by atoms with E-state index in [0.717, 1.165) is 17.3 Å². The summed E-state index contributed by atoms with van der Waals surface area (Å²) in [5.41, 5.74) is 5.63. The quantitative estimate of drug-likeness (QED) is 0.676. The summed E-state index contributed by atoms with van der Waals surface area (Å²) >= 11 is 1.12. The van der Waals surface area contributed by atoms with E-state index in [2.05, 4.69) is 0 Å². The normalized spacial score (nSPS) is 11.4. The number of benzene rings is 1. The van der Waals surface area contributed by atoms with E-state index in [1.165, 1.54) is 6.07 Å². The summed E-state index contributed by atoms with van der Waals surface area (Å²) in [6, 6.07) is 4.77. The summed E-state index contributed by atoms with van der Waals surface area (Å²) in [4.78, 5) is 11.9. The van der Waals surface area contributed by atoms with Crippen LogP contribution in [0.3, 0.4) is 0 Å². The van der Waals surface area contributed by atoms with Gasteiger partial charge in [0, 0.05) is 11.4 Å². The molecule has 0 spiro atoms. The van der Waals surface area contributed by atoms with Gasteiger partial charge in [-0.1, -0.05) is 6.07 Å². The van der Waals surface area contributed by atoms with Crippen molar-refractivity contribution in [3.8, 4) is 0 Å². The molecule has 0 fully saturated rings. The fourth-order valence-electron chi connectivity index (χ4n) is 1.30. The molecule has 0 unspecified atom stereocenters. The van der Waals surface area contributed by atoms with Crippen molar-refractivity contribution in [2.75, 3.05) is 5.75 Å². The van der Waals surface area contributed by atoms with Crippen LogP contribution in [0.2, 0.25) is 0 Å². The first kappa shape index (κ1) is 15.0. The fraction of sp³-hybridized carbons (Fsp3) is 0.462. The maximum absolute atomic E-state index is 13.6. The second-order valence-electron chi connectivity index (χ2n) is 4.84. The minimum atomic E-state index is -0.514. The molecule has 0 aliphatic heterocycles. The molecule has 100 valence electrons. The van der Waals surface area contributed by atoms with Gasteiger partial charge in [-0.05, 0) is 38.5 Å². The number of nitrogens with two attached hydrogens (primary N) is 1. The van der Waals surface area contributed by atoms with Crippen LogP contribution in [0.25, 0.3) is 0 Å². The molecule has 0 radical (unpaired) electrons. The van der Waals surface area contributed by atoms with Crippen LogP contribution < -0.4 is 5.73 Å². The van der Waals surface area contributed by atoms with E-state index in [1.807, 2.05) is 0 Å². The third-order valence-electron chi connectivity index (χ3n) is 2.00. The van der Waals surface area contributed by atoms with E-state index < -0.39 is 5.60 Å². The first-order chi connectivity index (χ1) is 8.31. The van der Waals surface area contributed by atoms with Crippen LogP contribution in [0, 0.1) is 5.82 Å². The van der Waals surface area contributed by atoms with Gasteiger partial charge < -0.3 is 10.5 Å². The number of rotatable bonds is 4. The Labute approximate surface area is 111 Å². The highest BCUT2D eigenvalue weighted by molar-refractivity contribution is 8.00. The summed E-state index contributed by atoms with van der Waals surface area (Å²) < 4.78 is 18.7. The minimum absolute atomic E-state index is 0.0934. The van der Waals surface area contributed by atoms with Crippen LogP contribution in [0.5, 0.6) is 0 Å². The predicted octanol–water partition coefficient (Wildman–Crippen LogP) is 2.72. The molecule has 0 saturated heterocycles. The number of carbonyl (C=O) groups is 1. The standard InChI is InChI=1S/C13H18FNO2S/c1-13(2,3)17-12(16)8-18-11-5-4-9(7-15)6-10(11)14/h4-6H,7-8,15H2,1-3H3. The molecule has 0 heterocycles. The number of halogens is 1. The van der Waals surface area contributed by atoms with E-state index in [0.29, 0.717) is 11.4 Å². The van der Waals surface area contributed by atoms with E-state index in [4.69, 9.17) is 10.5 Å². The molecule has 0 aromatic heterocycles. The van der Waals surface area contributed by atoms with Gasteiger partial charge in [0.05, 0.1) is 5.75 Å². The lowest BCUT2D eigenvalue weighted by Crippen LogP contribution is -2.24. The molecule has 18 heavy (non-hydrogen) atoms. The number of ether oxygens (including phenoxy) is 1. The van der Waals surface area contributed by atoms with Crippen LogP contribution >= 0.6 is 11.8 Å². The van der Waals surface area contributed by atoms with E-state index in [9.17, 15) is 9.18 Å². The summed E-state index contributed by atoms with van der Waals surface area (Å²) in [5.74, 6) is -0.614. The minimum Gasteiger partial charge on any atom is -0.459 e. The number of esters is 1. The first-order valence-corrected chi connectivity index (χ1v) is 6.63. The van der Waals surface area contributed by atoms with E-state index in [1.54, 1.807) is 32.9 Å². The molecular weight excluding hydrogens is 253 g/mol. The molecule has 2 N–H and O–H groups in total. The van der Waals surface area contributed by atoms with Crippen molar-refractivity contribution < 1.29 is 13.9 Å². The van der Waals surface area contributed by atoms with Gasteiger partial charge in [-0.2, -0.15) is 0 Å². The monoisotopic (exact) mass is 271 g/mol. The SMILES string of the molecule is CC(C)(C)OC(=O)CSc1ccc(CN)cc1F. The lowest BCUT2D eigenvalue weighted by Gasteiger charge is -2.19. The second-order valence-corrected chi connectivity index (χ2v) is 5.86. The lowest BCUT2D eigenvalue weighted by molar-refractivity contribution is -0.151. The molecule has 0 atom stereocenters. The highest BCUT2D eigenvalue weighted by Gasteiger charge is 2.16. The van der Waals surface area contributed by atoms with Crippen LogP contribution in [0.1, 0.15) is 26.3 Å². The second kappa shape index (κ2) is 6.20. The average Bonchev–Trinajstić information content (AvgIpc) is 2.25. The third-order valence-corrected chi connectivity index (χ3v) is 3.02. The van der Waals surface area contributed by atoms with Gasteiger partial charge >= 0.3 is 5.97 Å². The van der Waals surface area contributed by atoms with Crippen molar-refractivity contribution in [1.82, 2.24) is 0 Å². The van der Waals surface area contributed by atoms with Crippen molar-refractivity contribution in [1.29, 1.82) is 0 Å². The molecule has 0 amide bonds. The van der Waals surface area contributed by atoms with Gasteiger partial charge in [0.1, 0.15) is 11.4 Å². The molecule has 5 heteroatoms. The zero-order valence-electron chi connectivity index (χ0n) is 10.8. The van der Waals surface area contributed by atoms with E-state index in [-0.39, 0.29) is 17.5 Å². The molecule has 3 nitrogen and oxygen atoms in total. The Hall–Kier alpha value is -1.07. The molecule has 1 aromatic carbocycles. The maximum atomic E-state index is 13.6. The fourth-order valence-corrected chi connectivity index (χ4v) is 1.99. The maximum Gasteiger partial charge on any atom is 0.316 e. The number of thioether (sulfide) groups is 1. The molecule has 1 rings (SSSR count). The topological polar surface area (TPSA) is 52.3 Å². The zero-order valence-corrected chi connectivity index (χ0v) is 11.6. The largest absolute Gasteiger partial charge is 0.459 e. The summed E-state index contributed by atoms with van der Waals surface area (Å²) in [6.07, 6.45) is 0. The Balaban J connectivity index is 2.56. The van der Waals surface area contributed by atoms with Crippen molar-refractivity contribution in [3.05, 3.63) is 29.6 Å². The van der Waals surface area contributed by atoms with Crippen molar-refractivity contribution in [2.45, 2.75) is 37.8 Å². The Bertz CT molecular complexity index is 429. The Morgan fingerprint density at radius 2 is 2.11 bits per heavy atom. The summed E-state index contributed by atoms with van der Waals surface area (Å²) in [7, 11) is 0. The third kappa shape index (κ3) is 5.06. The average molecular weight is 271 g/mol. The van der Waals surface area contributed by atoms with Crippen LogP contribution in [0.4, 0.5) is 4.39 Å². The lowest BCUT2D eigenvalue weighted by atomic mass is 10.2. The Morgan fingerprint density at radius 1 is 1.44 bits per heavy atom. The van der Waals surface area contributed by atoms with Crippen LogP contribution in [-0.2, 0) is 16.1 Å². The number of carbonyl (C=O) groups excluding carboxylic acids is 1. The summed E-state index contributed by atoms with van der Waals surface area (Å²) in [6.45, 7) is 5.69. The zero-order chi connectivity index (χ0) is 13.8. The summed E-state index contributed by atoms with van der Waals surface area (Å²) in [5, 5.41) is 0. The Kier molecular flexibility index (Phi) is 5.16. The van der Waals surface area contributed by atoms with Crippen LogP contribution in [-0.4, -0.2) is 17.3 Å². The highest BCUT2D eigenvalue weighted by Crippen LogP contribution is 2.23. The van der Waals surface area contributed by atoms with Crippen molar-refractivity contribution in [2.24, 2.45) is 5.73 Å². The number of hydrogen-bond acceptors (Lipinski definition) is 4. The molecule has 0 bridgehead atoms. The van der Waals surface area contributed by atoms with Gasteiger partial charge in [0.15, 0.2) is 0 Å². The predicted molar refractivity (Wildman–Crippen MR) is 70.9 cm³/mol. The van der Waals surface area contributed by atoms with Gasteiger partial charge in [-0.25, -0.2) is 4.39 Å².